The average Bonchev–Trinajstić information content (AvgIpc) is 2.46. The largest absolute Gasteiger partial charge is 0.466 e. The van der Waals surface area contributed by atoms with Crippen molar-refractivity contribution in [1.29, 1.82) is 0 Å². The lowest BCUT2D eigenvalue weighted by molar-refractivity contribution is -0.136. The van der Waals surface area contributed by atoms with Crippen LogP contribution in [0.25, 0.3) is 0 Å². The number of nitrogens with one attached hydrogen (secondary N) is 1. The number of thiocarbonyl (C=S) groups is 1. The number of hydrogen-bond donors (Lipinski definition) is 1. The van der Waals surface area contributed by atoms with Gasteiger partial charge in [-0.1, -0.05) is 35.3 Å². The Kier molecular flexibility index (Phi) is 4.76. The molecule has 0 fully saturated rings. The summed E-state index contributed by atoms with van der Waals surface area (Å²) < 4.78 is 4.88. The van der Waals surface area contributed by atoms with Crippen LogP contribution >= 0.6 is 35.4 Å². The smallest absolute Gasteiger partial charge is 0.337 e. The first kappa shape index (κ1) is 16.1. The van der Waals surface area contributed by atoms with Crippen molar-refractivity contribution in [3.8, 4) is 0 Å². The molecule has 112 valence electrons. The predicted octanol–water partition coefficient (Wildman–Crippen LogP) is 3.30. The van der Waals surface area contributed by atoms with E-state index in [1.54, 1.807) is 30.1 Å². The van der Waals surface area contributed by atoms with Crippen molar-refractivity contribution in [2.45, 2.75) is 13.0 Å². The number of benzene rings is 1. The first-order chi connectivity index (χ1) is 9.88. The van der Waals surface area contributed by atoms with Crippen LogP contribution in [0.4, 0.5) is 0 Å². The lowest BCUT2D eigenvalue weighted by Gasteiger charge is -2.35. The Morgan fingerprint density at radius 3 is 2.71 bits per heavy atom. The number of hydrogen-bond acceptors (Lipinski definition) is 3. The third-order valence-corrected chi connectivity index (χ3v) is 4.68. The van der Waals surface area contributed by atoms with Crippen LogP contribution in [0.3, 0.4) is 0 Å². The molecule has 0 unspecified atom stereocenters. The minimum Gasteiger partial charge on any atom is -0.466 e. The van der Waals surface area contributed by atoms with E-state index in [2.05, 4.69) is 5.32 Å². The molecule has 1 aliphatic rings. The Balaban J connectivity index is 2.62. The molecule has 1 atom stereocenters. The molecule has 1 aromatic rings. The van der Waals surface area contributed by atoms with E-state index in [1.807, 2.05) is 6.92 Å². The number of allylic oxidation sites excluding steroid dienone is 1. The van der Waals surface area contributed by atoms with Crippen LogP contribution in [0.15, 0.2) is 29.5 Å². The Bertz CT molecular complexity index is 646. The predicted molar refractivity (Wildman–Crippen MR) is 87.4 cm³/mol. The second-order valence-corrected chi connectivity index (χ2v) is 5.75. The van der Waals surface area contributed by atoms with Gasteiger partial charge in [-0.2, -0.15) is 0 Å². The molecule has 0 amide bonds. The van der Waals surface area contributed by atoms with Gasteiger partial charge in [-0.25, -0.2) is 4.79 Å². The molecule has 1 aromatic carbocycles. The number of nitrogens with zero attached hydrogens (tertiary/aromatic N) is 1. The summed E-state index contributed by atoms with van der Waals surface area (Å²) >= 11 is 17.6. The summed E-state index contributed by atoms with van der Waals surface area (Å²) in [5, 5.41) is 4.41. The number of carbonyl (C=O) groups is 1. The van der Waals surface area contributed by atoms with Gasteiger partial charge in [0, 0.05) is 12.7 Å². The molecule has 0 spiro atoms. The van der Waals surface area contributed by atoms with E-state index in [-0.39, 0.29) is 0 Å². The zero-order valence-corrected chi connectivity index (χ0v) is 14.1. The van der Waals surface area contributed by atoms with Gasteiger partial charge in [0.2, 0.25) is 0 Å². The monoisotopic (exact) mass is 344 g/mol. The normalized spacial score (nSPS) is 18.6. The molecular weight excluding hydrogens is 331 g/mol. The van der Waals surface area contributed by atoms with Gasteiger partial charge >= 0.3 is 5.97 Å². The fourth-order valence-electron chi connectivity index (χ4n) is 2.19. The highest BCUT2D eigenvalue weighted by molar-refractivity contribution is 7.80. The Morgan fingerprint density at radius 1 is 1.43 bits per heavy atom. The van der Waals surface area contributed by atoms with Crippen LogP contribution in [0.2, 0.25) is 10.0 Å². The van der Waals surface area contributed by atoms with E-state index >= 15 is 0 Å². The van der Waals surface area contributed by atoms with Crippen LogP contribution < -0.4 is 5.32 Å². The molecule has 0 saturated heterocycles. The zero-order chi connectivity index (χ0) is 15.7. The van der Waals surface area contributed by atoms with Crippen molar-refractivity contribution in [3.63, 3.8) is 0 Å². The molecule has 1 aliphatic heterocycles. The molecule has 1 heterocycles. The number of halogens is 2. The van der Waals surface area contributed by atoms with E-state index < -0.39 is 12.0 Å². The van der Waals surface area contributed by atoms with Gasteiger partial charge in [0.15, 0.2) is 5.11 Å². The Morgan fingerprint density at radius 2 is 2.10 bits per heavy atom. The van der Waals surface area contributed by atoms with E-state index in [9.17, 15) is 4.79 Å². The molecule has 0 aromatic heterocycles. The molecule has 0 radical (unpaired) electrons. The van der Waals surface area contributed by atoms with Crippen molar-refractivity contribution in [2.75, 3.05) is 14.2 Å². The highest BCUT2D eigenvalue weighted by Gasteiger charge is 2.34. The maximum atomic E-state index is 12.1. The van der Waals surface area contributed by atoms with Gasteiger partial charge in [-0.3, -0.25) is 0 Å². The van der Waals surface area contributed by atoms with Crippen LogP contribution in [-0.2, 0) is 9.53 Å². The fraction of sp³-hybridized carbons (Fsp3) is 0.286. The van der Waals surface area contributed by atoms with Crippen molar-refractivity contribution in [2.24, 2.45) is 0 Å². The lowest BCUT2D eigenvalue weighted by Crippen LogP contribution is -2.46. The van der Waals surface area contributed by atoms with Crippen molar-refractivity contribution in [1.82, 2.24) is 10.2 Å². The topological polar surface area (TPSA) is 41.6 Å². The van der Waals surface area contributed by atoms with E-state index in [4.69, 9.17) is 40.2 Å². The van der Waals surface area contributed by atoms with Crippen LogP contribution in [-0.4, -0.2) is 30.1 Å². The van der Waals surface area contributed by atoms with Crippen molar-refractivity contribution in [3.05, 3.63) is 45.1 Å². The third kappa shape index (κ3) is 2.86. The summed E-state index contributed by atoms with van der Waals surface area (Å²) in [5.74, 6) is -0.435. The summed E-state index contributed by atoms with van der Waals surface area (Å²) in [6, 6.07) is 4.77. The molecule has 7 heteroatoms. The highest BCUT2D eigenvalue weighted by atomic mass is 35.5. The molecule has 1 N–H and O–H groups in total. The quantitative estimate of drug-likeness (QED) is 0.658. The molecule has 2 rings (SSSR count). The van der Waals surface area contributed by atoms with Crippen LogP contribution in [0.1, 0.15) is 18.5 Å². The van der Waals surface area contributed by atoms with Crippen LogP contribution in [0.5, 0.6) is 0 Å². The number of esters is 1. The second-order valence-electron chi connectivity index (χ2n) is 4.58. The molecule has 0 bridgehead atoms. The summed E-state index contributed by atoms with van der Waals surface area (Å²) in [6.07, 6.45) is 0. The fourth-order valence-corrected chi connectivity index (χ4v) is 2.86. The first-order valence-corrected chi connectivity index (χ1v) is 7.32. The summed E-state index contributed by atoms with van der Waals surface area (Å²) in [6.45, 7) is 1.81. The number of rotatable bonds is 2. The van der Waals surface area contributed by atoms with Gasteiger partial charge in [0.1, 0.15) is 0 Å². The highest BCUT2D eigenvalue weighted by Crippen LogP contribution is 2.36. The van der Waals surface area contributed by atoms with Gasteiger partial charge in [0.05, 0.1) is 28.8 Å². The molecule has 21 heavy (non-hydrogen) atoms. The molecular formula is C14H14Cl2N2O2S. The standard InChI is InChI=1S/C14H14Cl2N2O2S/c1-7-10(13(19)20-3)12(17-14(21)18(7)2)8-5-4-6-9(15)11(8)16/h4-6,12H,1-3H3,(H,17,21)/t12-/m1/s1. The Hall–Kier alpha value is -1.30. The number of carbonyl (C=O) groups excluding carboxylic acids is 1. The van der Waals surface area contributed by atoms with Crippen molar-refractivity contribution < 1.29 is 9.53 Å². The number of methoxy groups -OCH3 is 1. The van der Waals surface area contributed by atoms with Gasteiger partial charge in [-0.05, 0) is 30.8 Å². The van der Waals surface area contributed by atoms with Gasteiger partial charge < -0.3 is 15.0 Å². The van der Waals surface area contributed by atoms with E-state index in [0.717, 1.165) is 0 Å². The first-order valence-electron chi connectivity index (χ1n) is 6.15. The molecule has 0 aliphatic carbocycles. The zero-order valence-electron chi connectivity index (χ0n) is 11.7. The summed E-state index contributed by atoms with van der Waals surface area (Å²) in [5.41, 5.74) is 1.85. The van der Waals surface area contributed by atoms with Crippen LogP contribution in [0, 0.1) is 0 Å². The SMILES string of the molecule is COC(=O)C1=C(C)N(C)C(=S)N[C@@H]1c1cccc(Cl)c1Cl. The molecule has 0 saturated carbocycles. The van der Waals surface area contributed by atoms with E-state index in [0.29, 0.717) is 32.0 Å². The molecule has 4 nitrogen and oxygen atoms in total. The minimum atomic E-state index is -0.493. The average molecular weight is 345 g/mol. The van der Waals surface area contributed by atoms with Gasteiger partial charge in [0.25, 0.3) is 0 Å². The maximum Gasteiger partial charge on any atom is 0.337 e. The summed E-state index contributed by atoms with van der Waals surface area (Å²) in [7, 11) is 3.12. The lowest BCUT2D eigenvalue weighted by atomic mass is 9.95. The summed E-state index contributed by atoms with van der Waals surface area (Å²) in [4.78, 5) is 13.9. The third-order valence-electron chi connectivity index (χ3n) is 3.45. The number of ether oxygens (including phenoxy) is 1. The maximum absolute atomic E-state index is 12.1. The van der Waals surface area contributed by atoms with Crippen molar-refractivity contribution >= 4 is 46.5 Å². The minimum absolute atomic E-state index is 0.387. The van der Waals surface area contributed by atoms with Gasteiger partial charge in [-0.15, -0.1) is 0 Å². The van der Waals surface area contributed by atoms with E-state index in [1.165, 1.54) is 7.11 Å². The second kappa shape index (κ2) is 6.22. The Labute approximate surface area is 138 Å².